The third-order valence-corrected chi connectivity index (χ3v) is 3.24. The molecule has 2 N–H and O–H groups in total. The molecule has 16 heavy (non-hydrogen) atoms. The number of nitrogens with zero attached hydrogens (tertiary/aromatic N) is 1. The van der Waals surface area contributed by atoms with Gasteiger partial charge in [-0.05, 0) is 0 Å². The Labute approximate surface area is 98.3 Å². The fourth-order valence-electron chi connectivity index (χ4n) is 1.14. The van der Waals surface area contributed by atoms with Crippen LogP contribution >= 0.6 is 11.6 Å². The summed E-state index contributed by atoms with van der Waals surface area (Å²) in [7, 11) is -3.17. The number of halogens is 1. The van der Waals surface area contributed by atoms with Crippen molar-refractivity contribution in [1.29, 1.82) is 0 Å². The van der Waals surface area contributed by atoms with Gasteiger partial charge in [0.1, 0.15) is 15.0 Å². The number of carbonyl (C=O) groups excluding carboxylic acids is 1. The summed E-state index contributed by atoms with van der Waals surface area (Å²) in [6, 6.07) is 0. The van der Waals surface area contributed by atoms with Gasteiger partial charge in [0.05, 0.1) is 17.6 Å². The van der Waals surface area contributed by atoms with Crippen LogP contribution in [-0.2, 0) is 14.6 Å². The molecule has 0 aliphatic heterocycles. The molecule has 1 heterocycles. The number of carbonyl (C=O) groups is 1. The topological polar surface area (TPSA) is 91.9 Å². The van der Waals surface area contributed by atoms with E-state index in [9.17, 15) is 13.2 Å². The molecule has 0 radical (unpaired) electrons. The highest BCUT2D eigenvalue weighted by atomic mass is 35.5. The summed E-state index contributed by atoms with van der Waals surface area (Å²) in [6.07, 6.45) is 2.44. The summed E-state index contributed by atoms with van der Waals surface area (Å²) in [6.45, 7) is 1.53. The van der Waals surface area contributed by atoms with Crippen LogP contribution in [-0.4, -0.2) is 36.5 Å². The van der Waals surface area contributed by atoms with Gasteiger partial charge in [0.25, 0.3) is 0 Å². The van der Waals surface area contributed by atoms with E-state index in [1.807, 2.05) is 0 Å². The highest BCUT2D eigenvalue weighted by Crippen LogP contribution is 2.17. The van der Waals surface area contributed by atoms with E-state index in [1.165, 1.54) is 13.1 Å². The summed E-state index contributed by atoms with van der Waals surface area (Å²) < 4.78 is 22.0. The van der Waals surface area contributed by atoms with Gasteiger partial charge >= 0.3 is 0 Å². The predicted octanol–water partition coefficient (Wildman–Crippen LogP) is 0.682. The van der Waals surface area contributed by atoms with Gasteiger partial charge in [-0.3, -0.25) is 9.89 Å². The number of sulfone groups is 1. The van der Waals surface area contributed by atoms with Gasteiger partial charge in [-0.15, -0.1) is 0 Å². The molecule has 0 aliphatic rings. The third-order valence-electron chi connectivity index (χ3n) is 1.85. The van der Waals surface area contributed by atoms with Crippen LogP contribution in [0.1, 0.15) is 6.92 Å². The van der Waals surface area contributed by atoms with Gasteiger partial charge in [0.2, 0.25) is 5.91 Å². The Bertz CT molecular complexity index is 482. The Morgan fingerprint density at radius 2 is 2.31 bits per heavy atom. The molecule has 1 atom stereocenters. The van der Waals surface area contributed by atoms with Gasteiger partial charge in [-0.1, -0.05) is 18.5 Å². The van der Waals surface area contributed by atoms with Crippen molar-refractivity contribution in [3.05, 3.63) is 11.3 Å². The molecule has 0 fully saturated rings. The van der Waals surface area contributed by atoms with Gasteiger partial charge in [-0.2, -0.15) is 5.10 Å². The van der Waals surface area contributed by atoms with Crippen LogP contribution in [0, 0.1) is 5.92 Å². The fraction of sp³-hybridized carbons (Fsp3) is 0.500. The Morgan fingerprint density at radius 1 is 1.69 bits per heavy atom. The maximum atomic E-state index is 11.6. The highest BCUT2D eigenvalue weighted by Gasteiger charge is 2.19. The number of nitrogens with one attached hydrogen (secondary N) is 2. The van der Waals surface area contributed by atoms with Crippen molar-refractivity contribution in [3.8, 4) is 0 Å². The van der Waals surface area contributed by atoms with Crippen LogP contribution in [0.3, 0.4) is 0 Å². The second kappa shape index (κ2) is 4.84. The molecule has 6 nitrogen and oxygen atoms in total. The number of anilines is 1. The number of H-pyrrole nitrogens is 1. The van der Waals surface area contributed by atoms with Gasteiger partial charge in [-0.25, -0.2) is 8.42 Å². The average molecular weight is 266 g/mol. The van der Waals surface area contributed by atoms with Crippen molar-refractivity contribution < 1.29 is 13.2 Å². The number of rotatable bonds is 4. The number of aromatic nitrogens is 2. The molecular formula is C8H12ClN3O3S. The quantitative estimate of drug-likeness (QED) is 0.837. The molecule has 1 aromatic rings. The normalized spacial score (nSPS) is 13.4. The maximum absolute atomic E-state index is 11.6. The van der Waals surface area contributed by atoms with E-state index in [2.05, 4.69) is 15.5 Å². The molecule has 0 unspecified atom stereocenters. The Balaban J connectivity index is 2.63. The van der Waals surface area contributed by atoms with Crippen molar-refractivity contribution in [2.24, 2.45) is 5.92 Å². The number of hydrogen-bond donors (Lipinski definition) is 2. The third kappa shape index (κ3) is 3.82. The highest BCUT2D eigenvalue weighted by molar-refractivity contribution is 7.90. The van der Waals surface area contributed by atoms with Crippen LogP contribution < -0.4 is 5.32 Å². The second-order valence-electron chi connectivity index (χ2n) is 3.58. The molecule has 0 saturated carbocycles. The molecule has 1 rings (SSSR count). The van der Waals surface area contributed by atoms with Crippen molar-refractivity contribution >= 4 is 33.0 Å². The van der Waals surface area contributed by atoms with E-state index in [4.69, 9.17) is 11.6 Å². The molecule has 0 saturated heterocycles. The lowest BCUT2D eigenvalue weighted by atomic mass is 10.2. The zero-order chi connectivity index (χ0) is 12.3. The van der Waals surface area contributed by atoms with Crippen LogP contribution in [0.5, 0.6) is 0 Å². The molecule has 0 bridgehead atoms. The standard InChI is InChI=1S/C8H12ClN3O3S/c1-5(4-16(2,14)15)8(13)11-6-3-10-12-7(6)9/h3,5H,4H2,1-2H3,(H,10,12)(H,11,13)/t5-/m1/s1. The summed E-state index contributed by atoms with van der Waals surface area (Å²) in [5, 5.41) is 8.75. The Hall–Kier alpha value is -1.08. The van der Waals surface area contributed by atoms with Crippen molar-refractivity contribution in [2.75, 3.05) is 17.3 Å². The monoisotopic (exact) mass is 265 g/mol. The van der Waals surface area contributed by atoms with E-state index in [1.54, 1.807) is 0 Å². The lowest BCUT2D eigenvalue weighted by Gasteiger charge is -2.09. The molecule has 0 spiro atoms. The lowest BCUT2D eigenvalue weighted by Crippen LogP contribution is -2.26. The Kier molecular flexibility index (Phi) is 3.93. The second-order valence-corrected chi connectivity index (χ2v) is 6.14. The largest absolute Gasteiger partial charge is 0.322 e. The molecular weight excluding hydrogens is 254 g/mol. The summed E-state index contributed by atoms with van der Waals surface area (Å²) in [4.78, 5) is 11.6. The number of amides is 1. The molecule has 1 aromatic heterocycles. The van der Waals surface area contributed by atoms with E-state index >= 15 is 0 Å². The van der Waals surface area contributed by atoms with E-state index in [0.29, 0.717) is 5.69 Å². The maximum Gasteiger partial charge on any atom is 0.228 e. The Morgan fingerprint density at radius 3 is 2.75 bits per heavy atom. The average Bonchev–Trinajstić information content (AvgIpc) is 2.49. The van der Waals surface area contributed by atoms with Gasteiger partial charge in [0.15, 0.2) is 0 Å². The van der Waals surface area contributed by atoms with Gasteiger partial charge < -0.3 is 5.32 Å². The molecule has 1 amide bonds. The zero-order valence-electron chi connectivity index (χ0n) is 8.82. The predicted molar refractivity (Wildman–Crippen MR) is 61.1 cm³/mol. The smallest absolute Gasteiger partial charge is 0.228 e. The minimum Gasteiger partial charge on any atom is -0.322 e. The van der Waals surface area contributed by atoms with Crippen LogP contribution in [0.2, 0.25) is 5.15 Å². The molecule has 0 aromatic carbocycles. The number of aromatic amines is 1. The van der Waals surface area contributed by atoms with Gasteiger partial charge in [0, 0.05) is 12.2 Å². The minimum atomic E-state index is -3.17. The SMILES string of the molecule is C[C@H](CS(C)(=O)=O)C(=O)Nc1cn[nH]c1Cl. The molecule has 8 heteroatoms. The molecule has 90 valence electrons. The van der Waals surface area contributed by atoms with Crippen LogP contribution in [0.25, 0.3) is 0 Å². The van der Waals surface area contributed by atoms with E-state index in [-0.39, 0.29) is 10.9 Å². The van der Waals surface area contributed by atoms with Crippen LogP contribution in [0.4, 0.5) is 5.69 Å². The van der Waals surface area contributed by atoms with Crippen molar-refractivity contribution in [2.45, 2.75) is 6.92 Å². The minimum absolute atomic E-state index is 0.200. The zero-order valence-corrected chi connectivity index (χ0v) is 10.4. The first kappa shape index (κ1) is 13.0. The fourth-order valence-corrected chi connectivity index (χ4v) is 2.35. The molecule has 0 aliphatic carbocycles. The number of hydrogen-bond acceptors (Lipinski definition) is 4. The van der Waals surface area contributed by atoms with E-state index < -0.39 is 21.7 Å². The van der Waals surface area contributed by atoms with Crippen molar-refractivity contribution in [3.63, 3.8) is 0 Å². The first-order chi connectivity index (χ1) is 7.29. The summed E-state index contributed by atoms with van der Waals surface area (Å²) >= 11 is 5.67. The van der Waals surface area contributed by atoms with Crippen molar-refractivity contribution in [1.82, 2.24) is 10.2 Å². The summed E-state index contributed by atoms with van der Waals surface area (Å²) in [5.41, 5.74) is 0.340. The van der Waals surface area contributed by atoms with Crippen LogP contribution in [0.15, 0.2) is 6.20 Å². The lowest BCUT2D eigenvalue weighted by molar-refractivity contribution is -0.118. The summed E-state index contributed by atoms with van der Waals surface area (Å²) in [5.74, 6) is -1.25. The van der Waals surface area contributed by atoms with E-state index in [0.717, 1.165) is 6.26 Å². The first-order valence-electron chi connectivity index (χ1n) is 4.47. The first-order valence-corrected chi connectivity index (χ1v) is 6.91.